The molecule has 0 aliphatic heterocycles. The minimum atomic E-state index is 0.0979. The average Bonchev–Trinajstić information content (AvgIpc) is 2.60. The summed E-state index contributed by atoms with van der Waals surface area (Å²) in [6, 6.07) is 0. The lowest BCUT2D eigenvalue weighted by molar-refractivity contribution is 0.467. The molecule has 0 bridgehead atoms. The Bertz CT molecular complexity index is 269. The molecule has 4 heteroatoms. The summed E-state index contributed by atoms with van der Waals surface area (Å²) in [4.78, 5) is 3.89. The number of aryl methyl sites for hydroxylation is 1. The van der Waals surface area contributed by atoms with Gasteiger partial charge in [-0.2, -0.15) is 5.10 Å². The predicted molar refractivity (Wildman–Crippen MR) is 50.0 cm³/mol. The molecule has 1 saturated carbocycles. The highest BCUT2D eigenvalue weighted by Gasteiger charge is 2.48. The molecule has 1 aliphatic rings. The van der Waals surface area contributed by atoms with Crippen LogP contribution in [0.5, 0.6) is 0 Å². The van der Waals surface area contributed by atoms with Crippen molar-refractivity contribution >= 4 is 0 Å². The Kier molecular flexibility index (Phi) is 2.07. The quantitative estimate of drug-likeness (QED) is 0.745. The van der Waals surface area contributed by atoms with Gasteiger partial charge in [-0.25, -0.2) is 4.98 Å². The Morgan fingerprint density at radius 3 is 3.08 bits per heavy atom. The summed E-state index contributed by atoms with van der Waals surface area (Å²) in [7, 11) is 0. The second-order valence-electron chi connectivity index (χ2n) is 3.95. The summed E-state index contributed by atoms with van der Waals surface area (Å²) in [5.41, 5.74) is 6.25. The summed E-state index contributed by atoms with van der Waals surface area (Å²) >= 11 is 0. The lowest BCUT2D eigenvalue weighted by Gasteiger charge is -2.09. The summed E-state index contributed by atoms with van der Waals surface area (Å²) in [5.74, 6) is 0.732. The molecule has 1 aromatic rings. The fraction of sp³-hybridized carbons (Fsp3) is 0.778. The van der Waals surface area contributed by atoms with E-state index < -0.39 is 0 Å². The van der Waals surface area contributed by atoms with Gasteiger partial charge in [0, 0.05) is 12.1 Å². The van der Waals surface area contributed by atoms with Crippen LogP contribution in [0.25, 0.3) is 0 Å². The largest absolute Gasteiger partial charge is 0.325 e. The molecule has 4 nitrogen and oxygen atoms in total. The van der Waals surface area contributed by atoms with Gasteiger partial charge in [0.25, 0.3) is 0 Å². The van der Waals surface area contributed by atoms with Gasteiger partial charge in [-0.1, -0.05) is 13.3 Å². The van der Waals surface area contributed by atoms with Crippen molar-refractivity contribution in [3.63, 3.8) is 0 Å². The van der Waals surface area contributed by atoms with Crippen molar-refractivity contribution in [3.8, 4) is 0 Å². The molecule has 0 amide bonds. The molecule has 13 heavy (non-hydrogen) atoms. The topological polar surface area (TPSA) is 56.7 Å². The predicted octanol–water partition coefficient (Wildman–Crippen LogP) is 0.796. The zero-order valence-corrected chi connectivity index (χ0v) is 7.98. The molecule has 1 aromatic heterocycles. The molecule has 1 aliphatic carbocycles. The van der Waals surface area contributed by atoms with E-state index in [1.54, 1.807) is 12.7 Å². The Morgan fingerprint density at radius 2 is 2.54 bits per heavy atom. The van der Waals surface area contributed by atoms with E-state index in [0.29, 0.717) is 0 Å². The molecule has 0 spiro atoms. The Morgan fingerprint density at radius 1 is 1.69 bits per heavy atom. The molecular weight excluding hydrogens is 164 g/mol. The van der Waals surface area contributed by atoms with Gasteiger partial charge >= 0.3 is 0 Å². The maximum absolute atomic E-state index is 6.16. The highest BCUT2D eigenvalue weighted by atomic mass is 15.3. The lowest BCUT2D eigenvalue weighted by atomic mass is 10.1. The van der Waals surface area contributed by atoms with Crippen LogP contribution in [0.3, 0.4) is 0 Å². The van der Waals surface area contributed by atoms with Crippen LogP contribution >= 0.6 is 0 Å². The number of nitrogens with two attached hydrogens (primary N) is 1. The van der Waals surface area contributed by atoms with Crippen LogP contribution in [-0.2, 0) is 6.54 Å². The molecule has 2 rings (SSSR count). The van der Waals surface area contributed by atoms with Crippen LogP contribution in [0.4, 0.5) is 0 Å². The van der Waals surface area contributed by atoms with Gasteiger partial charge in [-0.15, -0.1) is 0 Å². The molecule has 0 saturated heterocycles. The average molecular weight is 180 g/mol. The maximum Gasteiger partial charge on any atom is 0.137 e. The van der Waals surface area contributed by atoms with E-state index in [0.717, 1.165) is 18.9 Å². The van der Waals surface area contributed by atoms with Gasteiger partial charge in [0.15, 0.2) is 0 Å². The van der Waals surface area contributed by atoms with E-state index in [4.69, 9.17) is 5.73 Å². The highest BCUT2D eigenvalue weighted by Crippen LogP contribution is 2.45. The minimum absolute atomic E-state index is 0.0979. The first-order chi connectivity index (χ1) is 6.24. The van der Waals surface area contributed by atoms with Crippen molar-refractivity contribution in [1.82, 2.24) is 14.8 Å². The van der Waals surface area contributed by atoms with E-state index in [-0.39, 0.29) is 5.54 Å². The first-order valence-electron chi connectivity index (χ1n) is 4.86. The van der Waals surface area contributed by atoms with Gasteiger partial charge < -0.3 is 5.73 Å². The van der Waals surface area contributed by atoms with E-state index in [9.17, 15) is 0 Å². The highest BCUT2D eigenvalue weighted by molar-refractivity contribution is 5.06. The molecule has 0 radical (unpaired) electrons. The first kappa shape index (κ1) is 8.69. The number of rotatable bonds is 4. The van der Waals surface area contributed by atoms with Gasteiger partial charge in [0.05, 0.1) is 0 Å². The maximum atomic E-state index is 6.16. The minimum Gasteiger partial charge on any atom is -0.325 e. The van der Waals surface area contributed by atoms with Crippen LogP contribution in [0.1, 0.15) is 26.2 Å². The van der Waals surface area contributed by atoms with Crippen LogP contribution in [0.15, 0.2) is 12.7 Å². The third-order valence-electron chi connectivity index (χ3n) is 3.05. The summed E-state index contributed by atoms with van der Waals surface area (Å²) < 4.78 is 1.85. The molecular formula is C9H16N4. The van der Waals surface area contributed by atoms with Crippen molar-refractivity contribution < 1.29 is 0 Å². The van der Waals surface area contributed by atoms with E-state index in [1.807, 2.05) is 4.68 Å². The molecule has 1 fully saturated rings. The summed E-state index contributed by atoms with van der Waals surface area (Å²) in [6.07, 6.45) is 6.71. The number of hydrogen-bond acceptors (Lipinski definition) is 3. The molecule has 2 N–H and O–H groups in total. The third-order valence-corrected chi connectivity index (χ3v) is 3.05. The van der Waals surface area contributed by atoms with Crippen LogP contribution < -0.4 is 5.73 Å². The van der Waals surface area contributed by atoms with Gasteiger partial charge in [0.2, 0.25) is 0 Å². The van der Waals surface area contributed by atoms with E-state index >= 15 is 0 Å². The van der Waals surface area contributed by atoms with Gasteiger partial charge in [-0.05, 0) is 18.8 Å². The van der Waals surface area contributed by atoms with Crippen molar-refractivity contribution in [2.75, 3.05) is 0 Å². The molecule has 0 aromatic carbocycles. The normalized spacial score (nSPS) is 32.0. The second-order valence-corrected chi connectivity index (χ2v) is 3.95. The van der Waals surface area contributed by atoms with Crippen LogP contribution in [-0.4, -0.2) is 20.3 Å². The molecule has 1 heterocycles. The van der Waals surface area contributed by atoms with Crippen LogP contribution in [0, 0.1) is 5.92 Å². The van der Waals surface area contributed by atoms with Crippen molar-refractivity contribution in [2.24, 2.45) is 11.7 Å². The number of hydrogen-bond donors (Lipinski definition) is 1. The van der Waals surface area contributed by atoms with Crippen molar-refractivity contribution in [1.29, 1.82) is 0 Å². The zero-order chi connectivity index (χ0) is 9.31. The summed E-state index contributed by atoms with van der Waals surface area (Å²) in [6.45, 7) is 3.10. The SMILES string of the molecule is CCC1CC1(N)CCn1cncn1. The lowest BCUT2D eigenvalue weighted by Crippen LogP contribution is -2.26. The molecule has 2 unspecified atom stereocenters. The Hall–Kier alpha value is -0.900. The standard InChI is InChI=1S/C9H16N4/c1-2-8-5-9(8,10)3-4-13-7-11-6-12-13/h6-8H,2-5,10H2,1H3. The van der Waals surface area contributed by atoms with Gasteiger partial charge in [-0.3, -0.25) is 4.68 Å². The van der Waals surface area contributed by atoms with Gasteiger partial charge in [0.1, 0.15) is 12.7 Å². The monoisotopic (exact) mass is 180 g/mol. The number of aromatic nitrogens is 3. The zero-order valence-electron chi connectivity index (χ0n) is 7.98. The summed E-state index contributed by atoms with van der Waals surface area (Å²) in [5, 5.41) is 4.05. The van der Waals surface area contributed by atoms with Crippen molar-refractivity contribution in [2.45, 2.75) is 38.3 Å². The van der Waals surface area contributed by atoms with E-state index in [2.05, 4.69) is 17.0 Å². The van der Waals surface area contributed by atoms with Crippen molar-refractivity contribution in [3.05, 3.63) is 12.7 Å². The fourth-order valence-corrected chi connectivity index (χ4v) is 1.93. The molecule has 72 valence electrons. The fourth-order valence-electron chi connectivity index (χ4n) is 1.93. The second kappa shape index (κ2) is 3.10. The van der Waals surface area contributed by atoms with Crippen LogP contribution in [0.2, 0.25) is 0 Å². The first-order valence-corrected chi connectivity index (χ1v) is 4.86. The Labute approximate surface area is 78.1 Å². The van der Waals surface area contributed by atoms with E-state index in [1.165, 1.54) is 12.8 Å². The molecule has 2 atom stereocenters. The Balaban J connectivity index is 1.81. The number of nitrogens with zero attached hydrogens (tertiary/aromatic N) is 3. The smallest absolute Gasteiger partial charge is 0.137 e. The third kappa shape index (κ3) is 1.72.